The highest BCUT2D eigenvalue weighted by Crippen LogP contribution is 2.64. The molecule has 2 N–H and O–H groups in total. The van der Waals surface area contributed by atoms with Crippen molar-refractivity contribution in [3.05, 3.63) is 0 Å². The molecule has 11 heavy (non-hydrogen) atoms. The molecule has 0 aliphatic heterocycles. The largest absolute Gasteiger partial charge is 0.327 e. The number of hydrogen-bond donors (Lipinski definition) is 1. The fourth-order valence-corrected chi connectivity index (χ4v) is 3.27. The summed E-state index contributed by atoms with van der Waals surface area (Å²) in [6.07, 6.45) is 4.03. The number of rotatable bonds is 0. The summed E-state index contributed by atoms with van der Waals surface area (Å²) in [7, 11) is 0. The Hall–Kier alpha value is -0.0400. The van der Waals surface area contributed by atoms with E-state index in [0.29, 0.717) is 16.9 Å². The van der Waals surface area contributed by atoms with Gasteiger partial charge in [-0.05, 0) is 36.0 Å². The van der Waals surface area contributed by atoms with Crippen LogP contribution < -0.4 is 5.73 Å². The van der Waals surface area contributed by atoms with Crippen LogP contribution in [0.1, 0.15) is 40.0 Å². The summed E-state index contributed by atoms with van der Waals surface area (Å²) in [4.78, 5) is 0. The van der Waals surface area contributed by atoms with E-state index < -0.39 is 0 Å². The summed E-state index contributed by atoms with van der Waals surface area (Å²) in [5.41, 5.74) is 7.08. The lowest BCUT2D eigenvalue weighted by molar-refractivity contribution is 0.136. The number of nitrogens with two attached hydrogens (primary N) is 1. The molecule has 1 heteroatoms. The summed E-state index contributed by atoms with van der Waals surface area (Å²) in [5, 5.41) is 0. The maximum atomic E-state index is 6.13. The summed E-state index contributed by atoms with van der Waals surface area (Å²) in [5.74, 6) is 0.905. The molecule has 2 fully saturated rings. The van der Waals surface area contributed by atoms with E-state index in [1.807, 2.05) is 0 Å². The highest BCUT2D eigenvalue weighted by atomic mass is 14.8. The smallest absolute Gasteiger partial charge is 0.0101 e. The summed E-state index contributed by atoms with van der Waals surface area (Å²) in [6.45, 7) is 7.18. The maximum absolute atomic E-state index is 6.13. The molecule has 0 aromatic rings. The van der Waals surface area contributed by atoms with Gasteiger partial charge < -0.3 is 5.73 Å². The highest BCUT2D eigenvalue weighted by Gasteiger charge is 2.59. The second kappa shape index (κ2) is 1.82. The minimum atomic E-state index is 0.442. The van der Waals surface area contributed by atoms with Crippen LogP contribution in [0.4, 0.5) is 0 Å². The molecule has 64 valence electrons. The van der Waals surface area contributed by atoms with Crippen molar-refractivity contribution in [2.75, 3.05) is 0 Å². The Labute approximate surface area is 69.4 Å². The molecule has 0 heterocycles. The predicted octanol–water partition coefficient (Wildman–Crippen LogP) is 2.16. The normalized spacial score (nSPS) is 53.5. The Balaban J connectivity index is 2.40. The average Bonchev–Trinajstić information content (AvgIpc) is 2.20. The van der Waals surface area contributed by atoms with Crippen molar-refractivity contribution in [2.45, 2.75) is 46.1 Å². The average molecular weight is 153 g/mol. The molecule has 1 unspecified atom stereocenters. The van der Waals surface area contributed by atoms with E-state index in [1.54, 1.807) is 0 Å². The molecule has 2 aliphatic rings. The van der Waals surface area contributed by atoms with Crippen molar-refractivity contribution in [1.82, 2.24) is 0 Å². The van der Waals surface area contributed by atoms with Gasteiger partial charge in [0.1, 0.15) is 0 Å². The van der Waals surface area contributed by atoms with E-state index in [0.717, 1.165) is 5.92 Å². The second-order valence-corrected chi connectivity index (χ2v) is 5.22. The Kier molecular flexibility index (Phi) is 1.26. The van der Waals surface area contributed by atoms with Crippen molar-refractivity contribution < 1.29 is 0 Å². The van der Waals surface area contributed by atoms with Crippen LogP contribution >= 0.6 is 0 Å². The fourth-order valence-electron chi connectivity index (χ4n) is 3.27. The van der Waals surface area contributed by atoms with Crippen molar-refractivity contribution in [3.8, 4) is 0 Å². The number of fused-ring (bicyclic) bond motifs is 2. The lowest BCUT2D eigenvalue weighted by atomic mass is 9.69. The molecule has 0 saturated heterocycles. The van der Waals surface area contributed by atoms with Crippen LogP contribution in [0.25, 0.3) is 0 Å². The second-order valence-electron chi connectivity index (χ2n) is 5.22. The van der Waals surface area contributed by atoms with Gasteiger partial charge in [-0.25, -0.2) is 0 Å². The summed E-state index contributed by atoms with van der Waals surface area (Å²) >= 11 is 0. The van der Waals surface area contributed by atoms with Gasteiger partial charge in [0.15, 0.2) is 0 Å². The lowest BCUT2D eigenvalue weighted by Crippen LogP contribution is -2.40. The van der Waals surface area contributed by atoms with Gasteiger partial charge in [0, 0.05) is 6.04 Å². The molecular weight excluding hydrogens is 134 g/mol. The van der Waals surface area contributed by atoms with Crippen molar-refractivity contribution in [1.29, 1.82) is 0 Å². The van der Waals surface area contributed by atoms with E-state index in [1.165, 1.54) is 19.3 Å². The minimum absolute atomic E-state index is 0.442. The van der Waals surface area contributed by atoms with Gasteiger partial charge in [-0.3, -0.25) is 0 Å². The van der Waals surface area contributed by atoms with E-state index in [2.05, 4.69) is 20.8 Å². The Morgan fingerprint density at radius 2 is 1.91 bits per heavy atom. The fraction of sp³-hybridized carbons (Fsp3) is 1.00. The number of hydrogen-bond acceptors (Lipinski definition) is 1. The van der Waals surface area contributed by atoms with Crippen molar-refractivity contribution >= 4 is 0 Å². The lowest BCUT2D eigenvalue weighted by Gasteiger charge is -2.37. The van der Waals surface area contributed by atoms with Crippen LogP contribution in [0.3, 0.4) is 0 Å². The SMILES string of the molecule is CC1(C)[C@@H]2CCC1(C)[C@H](N)C2. The van der Waals surface area contributed by atoms with E-state index >= 15 is 0 Å². The van der Waals surface area contributed by atoms with Gasteiger partial charge in [-0.1, -0.05) is 20.8 Å². The van der Waals surface area contributed by atoms with Crippen LogP contribution in [0, 0.1) is 16.7 Å². The molecule has 2 rings (SSSR count). The molecular formula is C10H19N. The van der Waals surface area contributed by atoms with Gasteiger partial charge >= 0.3 is 0 Å². The van der Waals surface area contributed by atoms with Crippen LogP contribution in [0.5, 0.6) is 0 Å². The van der Waals surface area contributed by atoms with Crippen LogP contribution in [-0.2, 0) is 0 Å². The Morgan fingerprint density at radius 3 is 2.09 bits per heavy atom. The van der Waals surface area contributed by atoms with Gasteiger partial charge in [0.25, 0.3) is 0 Å². The van der Waals surface area contributed by atoms with Gasteiger partial charge in [-0.2, -0.15) is 0 Å². The minimum Gasteiger partial charge on any atom is -0.327 e. The summed E-state index contributed by atoms with van der Waals surface area (Å²) in [6, 6.07) is 0.469. The first-order chi connectivity index (χ1) is 4.98. The first-order valence-electron chi connectivity index (χ1n) is 4.74. The molecule has 0 amide bonds. The van der Waals surface area contributed by atoms with Crippen LogP contribution in [-0.4, -0.2) is 6.04 Å². The zero-order valence-corrected chi connectivity index (χ0v) is 7.85. The topological polar surface area (TPSA) is 26.0 Å². The first-order valence-corrected chi connectivity index (χ1v) is 4.74. The van der Waals surface area contributed by atoms with E-state index in [9.17, 15) is 0 Å². The van der Waals surface area contributed by atoms with Gasteiger partial charge in [0.05, 0.1) is 0 Å². The van der Waals surface area contributed by atoms with E-state index in [-0.39, 0.29) is 0 Å². The van der Waals surface area contributed by atoms with Crippen LogP contribution in [0.15, 0.2) is 0 Å². The predicted molar refractivity (Wildman–Crippen MR) is 47.2 cm³/mol. The molecule has 0 aromatic heterocycles. The zero-order chi connectivity index (χ0) is 8.28. The van der Waals surface area contributed by atoms with E-state index in [4.69, 9.17) is 5.73 Å². The summed E-state index contributed by atoms with van der Waals surface area (Å²) < 4.78 is 0. The molecule has 3 atom stereocenters. The molecule has 2 bridgehead atoms. The molecule has 0 spiro atoms. The third-order valence-electron chi connectivity index (χ3n) is 4.86. The first kappa shape index (κ1) is 7.60. The maximum Gasteiger partial charge on any atom is 0.0101 e. The third-order valence-corrected chi connectivity index (χ3v) is 4.86. The Bertz CT molecular complexity index is 185. The Morgan fingerprint density at radius 1 is 1.27 bits per heavy atom. The zero-order valence-electron chi connectivity index (χ0n) is 7.85. The standard InChI is InChI=1S/C10H19N/c1-9(2)7-4-5-10(9,3)8(11)6-7/h7-8H,4-6,11H2,1-3H3/t7-,8-,10?/m1/s1. The van der Waals surface area contributed by atoms with Gasteiger partial charge in [-0.15, -0.1) is 0 Å². The van der Waals surface area contributed by atoms with Gasteiger partial charge in [0.2, 0.25) is 0 Å². The van der Waals surface area contributed by atoms with Crippen LogP contribution in [0.2, 0.25) is 0 Å². The van der Waals surface area contributed by atoms with Crippen molar-refractivity contribution in [3.63, 3.8) is 0 Å². The highest BCUT2D eigenvalue weighted by molar-refractivity contribution is 5.11. The quantitative estimate of drug-likeness (QED) is 0.567. The molecule has 1 nitrogen and oxygen atoms in total. The van der Waals surface area contributed by atoms with Crippen molar-refractivity contribution in [2.24, 2.45) is 22.5 Å². The molecule has 2 saturated carbocycles. The third kappa shape index (κ3) is 0.658. The molecule has 0 aromatic carbocycles. The molecule has 0 radical (unpaired) electrons. The monoisotopic (exact) mass is 153 g/mol. The molecule has 2 aliphatic carbocycles.